The van der Waals surface area contributed by atoms with Crippen LogP contribution in [0.25, 0.3) is 10.9 Å². The lowest BCUT2D eigenvalue weighted by molar-refractivity contribution is -0.107. The molecule has 1 aromatic heterocycles. The van der Waals surface area contributed by atoms with E-state index < -0.39 is 6.29 Å². The van der Waals surface area contributed by atoms with Crippen molar-refractivity contribution in [3.63, 3.8) is 0 Å². The number of methoxy groups -OCH3 is 2. The van der Waals surface area contributed by atoms with Crippen molar-refractivity contribution in [2.24, 2.45) is 0 Å². The number of hydrogen-bond donors (Lipinski definition) is 1. The Labute approximate surface area is 137 Å². The summed E-state index contributed by atoms with van der Waals surface area (Å²) in [6.45, 7) is 0. The van der Waals surface area contributed by atoms with Crippen LogP contribution in [0.1, 0.15) is 43.8 Å². The van der Waals surface area contributed by atoms with Crippen molar-refractivity contribution in [2.45, 2.75) is 6.29 Å². The molecule has 0 bridgehead atoms. The summed E-state index contributed by atoms with van der Waals surface area (Å²) < 4.78 is 10.5. The van der Waals surface area contributed by atoms with Gasteiger partial charge in [-0.05, 0) is 12.1 Å². The summed E-state index contributed by atoms with van der Waals surface area (Å²) in [7, 11) is 3.04. The molecule has 4 rings (SSSR count). The fraction of sp³-hybridized carbons (Fsp3) is 0.167. The summed E-state index contributed by atoms with van der Waals surface area (Å²) in [5.74, 6) is -0.364. The average Bonchev–Trinajstić information content (AvgIpc) is 3.04. The maximum atomic E-state index is 12.9. The number of aromatic amines is 1. The van der Waals surface area contributed by atoms with Crippen LogP contribution in [0, 0.1) is 0 Å². The highest BCUT2D eigenvalue weighted by molar-refractivity contribution is 6.31. The molecule has 6 nitrogen and oxygen atoms in total. The second-order valence-electron chi connectivity index (χ2n) is 5.53. The van der Waals surface area contributed by atoms with E-state index in [1.807, 2.05) is 0 Å². The van der Waals surface area contributed by atoms with Gasteiger partial charge in [0.1, 0.15) is 5.52 Å². The minimum absolute atomic E-state index is 0.165. The lowest BCUT2D eigenvalue weighted by Crippen LogP contribution is -2.21. The number of nitrogens with one attached hydrogen (secondary N) is 1. The van der Waals surface area contributed by atoms with Gasteiger partial charge in [0.05, 0.1) is 11.3 Å². The Morgan fingerprint density at radius 1 is 0.917 bits per heavy atom. The van der Waals surface area contributed by atoms with Crippen LogP contribution < -0.4 is 0 Å². The van der Waals surface area contributed by atoms with Gasteiger partial charge in [0.2, 0.25) is 6.29 Å². The maximum absolute atomic E-state index is 12.9. The van der Waals surface area contributed by atoms with Gasteiger partial charge in [-0.15, -0.1) is 0 Å². The number of rotatable bonds is 3. The predicted octanol–water partition coefficient (Wildman–Crippen LogP) is 2.63. The molecule has 1 heterocycles. The number of ketones is 2. The van der Waals surface area contributed by atoms with Crippen LogP contribution in [-0.2, 0) is 9.47 Å². The first-order chi connectivity index (χ1) is 11.7. The largest absolute Gasteiger partial charge is 0.350 e. The third kappa shape index (κ3) is 1.87. The van der Waals surface area contributed by atoms with Crippen molar-refractivity contribution < 1.29 is 19.1 Å². The number of benzene rings is 2. The summed E-state index contributed by atoms with van der Waals surface area (Å²) in [4.78, 5) is 25.6. The van der Waals surface area contributed by atoms with Crippen molar-refractivity contribution in [1.82, 2.24) is 10.2 Å². The van der Waals surface area contributed by atoms with Crippen molar-refractivity contribution in [3.8, 4) is 0 Å². The summed E-state index contributed by atoms with van der Waals surface area (Å²) >= 11 is 0. The van der Waals surface area contributed by atoms with E-state index >= 15 is 0 Å². The molecular formula is C18H14N2O4. The Hall–Kier alpha value is -2.83. The molecule has 2 aromatic carbocycles. The molecule has 0 spiro atoms. The Morgan fingerprint density at radius 2 is 1.58 bits per heavy atom. The van der Waals surface area contributed by atoms with Crippen LogP contribution in [0.5, 0.6) is 0 Å². The molecular weight excluding hydrogens is 308 g/mol. The minimum Gasteiger partial charge on any atom is -0.350 e. The molecule has 0 saturated carbocycles. The molecule has 6 heteroatoms. The van der Waals surface area contributed by atoms with E-state index in [0.717, 1.165) is 0 Å². The Bertz CT molecular complexity index is 986. The number of carbonyl (C=O) groups is 2. The third-order valence-corrected chi connectivity index (χ3v) is 4.31. The lowest BCUT2D eigenvalue weighted by atomic mass is 9.83. The lowest BCUT2D eigenvalue weighted by Gasteiger charge is -2.17. The number of ether oxygens (including phenoxy) is 2. The number of carbonyl (C=O) groups excluding carboxylic acids is 2. The van der Waals surface area contributed by atoms with Crippen LogP contribution in [0.4, 0.5) is 0 Å². The third-order valence-electron chi connectivity index (χ3n) is 4.31. The minimum atomic E-state index is -0.630. The highest BCUT2D eigenvalue weighted by Crippen LogP contribution is 2.34. The standard InChI is InChI=1S/C18H14N2O4/c1-23-18(24-2)15-12-8-7-11-13(14(12)19-20-15)17(22)10-6-4-3-5-9(10)16(11)21/h3-8,18H,1-2H3,(H,19,20). The molecule has 120 valence electrons. The maximum Gasteiger partial charge on any atom is 0.200 e. The first-order valence-corrected chi connectivity index (χ1v) is 7.42. The number of nitrogens with zero attached hydrogens (tertiary/aromatic N) is 1. The summed E-state index contributed by atoms with van der Waals surface area (Å²) in [6, 6.07) is 10.3. The smallest absolute Gasteiger partial charge is 0.200 e. The Kier molecular flexibility index (Phi) is 3.30. The van der Waals surface area contributed by atoms with E-state index in [0.29, 0.717) is 38.9 Å². The summed E-state index contributed by atoms with van der Waals surface area (Å²) in [6.07, 6.45) is -0.630. The van der Waals surface area contributed by atoms with E-state index in [4.69, 9.17) is 9.47 Å². The molecule has 0 aliphatic heterocycles. The molecule has 0 atom stereocenters. The second-order valence-corrected chi connectivity index (χ2v) is 5.53. The highest BCUT2D eigenvalue weighted by atomic mass is 16.7. The Morgan fingerprint density at radius 3 is 2.25 bits per heavy atom. The van der Waals surface area contributed by atoms with Crippen LogP contribution in [0.15, 0.2) is 36.4 Å². The van der Waals surface area contributed by atoms with Gasteiger partial charge < -0.3 is 9.47 Å². The van der Waals surface area contributed by atoms with E-state index in [9.17, 15) is 9.59 Å². The number of fused-ring (bicyclic) bond motifs is 4. The monoisotopic (exact) mass is 322 g/mol. The molecule has 3 aromatic rings. The van der Waals surface area contributed by atoms with E-state index in [2.05, 4.69) is 10.2 Å². The zero-order valence-electron chi connectivity index (χ0n) is 13.1. The molecule has 24 heavy (non-hydrogen) atoms. The molecule has 1 N–H and O–H groups in total. The molecule has 1 aliphatic rings. The fourth-order valence-corrected chi connectivity index (χ4v) is 3.19. The zero-order chi connectivity index (χ0) is 16.8. The average molecular weight is 322 g/mol. The zero-order valence-corrected chi connectivity index (χ0v) is 13.1. The van der Waals surface area contributed by atoms with Gasteiger partial charge in [-0.1, -0.05) is 24.3 Å². The van der Waals surface area contributed by atoms with Gasteiger partial charge >= 0.3 is 0 Å². The van der Waals surface area contributed by atoms with Crippen LogP contribution in [-0.4, -0.2) is 36.0 Å². The van der Waals surface area contributed by atoms with Gasteiger partial charge in [0.15, 0.2) is 11.6 Å². The first kappa shape index (κ1) is 14.7. The van der Waals surface area contributed by atoms with Gasteiger partial charge in [0, 0.05) is 36.3 Å². The van der Waals surface area contributed by atoms with Gasteiger partial charge in [-0.2, -0.15) is 5.10 Å². The Balaban J connectivity index is 1.99. The fourth-order valence-electron chi connectivity index (χ4n) is 3.19. The molecule has 0 radical (unpaired) electrons. The summed E-state index contributed by atoms with van der Waals surface area (Å²) in [5, 5.41) is 7.81. The molecule has 0 saturated heterocycles. The van der Waals surface area contributed by atoms with Crippen LogP contribution in [0.2, 0.25) is 0 Å². The van der Waals surface area contributed by atoms with Gasteiger partial charge in [-0.25, -0.2) is 0 Å². The quantitative estimate of drug-likeness (QED) is 0.586. The summed E-state index contributed by atoms with van der Waals surface area (Å²) in [5.41, 5.74) is 2.59. The van der Waals surface area contributed by atoms with Crippen molar-refractivity contribution in [1.29, 1.82) is 0 Å². The van der Waals surface area contributed by atoms with Crippen molar-refractivity contribution in [3.05, 3.63) is 64.3 Å². The number of H-pyrrole nitrogens is 1. The van der Waals surface area contributed by atoms with Crippen LogP contribution >= 0.6 is 0 Å². The molecule has 0 unspecified atom stereocenters. The normalized spacial score (nSPS) is 13.5. The molecule has 1 aliphatic carbocycles. The van der Waals surface area contributed by atoms with Crippen molar-refractivity contribution >= 4 is 22.5 Å². The highest BCUT2D eigenvalue weighted by Gasteiger charge is 2.32. The van der Waals surface area contributed by atoms with Crippen molar-refractivity contribution in [2.75, 3.05) is 14.2 Å². The molecule has 0 amide bonds. The van der Waals surface area contributed by atoms with E-state index in [1.165, 1.54) is 14.2 Å². The topological polar surface area (TPSA) is 81.3 Å². The van der Waals surface area contributed by atoms with Gasteiger partial charge in [-0.3, -0.25) is 14.7 Å². The first-order valence-electron chi connectivity index (χ1n) is 7.42. The second kappa shape index (κ2) is 5.36. The van der Waals surface area contributed by atoms with Gasteiger partial charge in [0.25, 0.3) is 0 Å². The molecule has 0 fully saturated rings. The van der Waals surface area contributed by atoms with Crippen LogP contribution in [0.3, 0.4) is 0 Å². The predicted molar refractivity (Wildman–Crippen MR) is 86.2 cm³/mol. The van der Waals surface area contributed by atoms with E-state index in [-0.39, 0.29) is 11.6 Å². The number of hydrogen-bond acceptors (Lipinski definition) is 5. The number of aromatic nitrogens is 2. The van der Waals surface area contributed by atoms with E-state index in [1.54, 1.807) is 36.4 Å². The SMILES string of the molecule is COC(OC)c1[nH]nc2c3c(ccc12)C(=O)c1ccccc1C3=O.